The maximum absolute atomic E-state index is 13.8. The van der Waals surface area contributed by atoms with Crippen molar-refractivity contribution in [3.8, 4) is 28.7 Å². The molecule has 2 saturated heterocycles. The van der Waals surface area contributed by atoms with Crippen LogP contribution in [0.2, 0.25) is 0 Å². The number of aliphatic carboxylic acids is 1. The Kier molecular flexibility index (Phi) is 15.6. The number of nitrogens with zero attached hydrogens (tertiary/aromatic N) is 6. The van der Waals surface area contributed by atoms with Gasteiger partial charge in [0.25, 0.3) is 0 Å². The number of alkyl halides is 3. The van der Waals surface area contributed by atoms with Gasteiger partial charge in [0.05, 0.1) is 50.3 Å². The number of carboxylic acid groups (broad SMARTS) is 1. The molecule has 0 aliphatic carbocycles. The fraction of sp³-hybridized carbons (Fsp3) is 0.333. The largest absolute Gasteiger partial charge is 0.573 e. The van der Waals surface area contributed by atoms with Crippen molar-refractivity contribution in [2.45, 2.75) is 51.4 Å². The third-order valence-electron chi connectivity index (χ3n) is 13.7. The number of aromatic nitrogens is 4. The van der Waals surface area contributed by atoms with Crippen LogP contribution in [-0.4, -0.2) is 97.9 Å². The number of rotatable bonds is 15. The summed E-state index contributed by atoms with van der Waals surface area (Å²) in [5.41, 5.74) is 14.8. The number of benzene rings is 5. The Morgan fingerprint density at radius 2 is 1.01 bits per heavy atom. The van der Waals surface area contributed by atoms with E-state index in [1.807, 2.05) is 70.5 Å². The Labute approximate surface area is 425 Å². The Morgan fingerprint density at radius 1 is 0.595 bits per heavy atom. The summed E-state index contributed by atoms with van der Waals surface area (Å²) in [5.74, 6) is 2.49. The van der Waals surface area contributed by atoms with Gasteiger partial charge in [0, 0.05) is 55.6 Å². The summed E-state index contributed by atoms with van der Waals surface area (Å²) in [5, 5.41) is 14.3. The SMILES string of the molecule is COc1cc2nc(N3CCC(Cc4ccccc4)(C(=O)NCc4cccc(OC(F)(F)F)c4)CC3)nc(N)c2cc1OC.COc1cc2nc(N3CCC(Cc4ccccc4)(C(=O)O)CC3)nc(N)c2cc1OC. The van der Waals surface area contributed by atoms with E-state index in [0.717, 1.165) is 11.1 Å². The summed E-state index contributed by atoms with van der Waals surface area (Å²) in [7, 11) is 6.22. The van der Waals surface area contributed by atoms with Crippen LogP contribution in [-0.2, 0) is 29.0 Å². The molecule has 0 unspecified atom stereocenters. The van der Waals surface area contributed by atoms with Crippen LogP contribution in [0.1, 0.15) is 42.4 Å². The minimum atomic E-state index is -4.80. The van der Waals surface area contributed by atoms with Crippen molar-refractivity contribution in [3.05, 3.63) is 126 Å². The number of nitrogens with two attached hydrogens (primary N) is 2. The van der Waals surface area contributed by atoms with Crippen molar-refractivity contribution in [1.29, 1.82) is 0 Å². The number of anilines is 4. The molecule has 6 N–H and O–H groups in total. The summed E-state index contributed by atoms with van der Waals surface area (Å²) in [4.78, 5) is 48.4. The van der Waals surface area contributed by atoms with Crippen LogP contribution in [0.25, 0.3) is 21.8 Å². The van der Waals surface area contributed by atoms with Crippen LogP contribution in [0.15, 0.2) is 109 Å². The number of carboxylic acids is 1. The van der Waals surface area contributed by atoms with Gasteiger partial charge in [-0.15, -0.1) is 13.2 Å². The van der Waals surface area contributed by atoms with E-state index in [-0.39, 0.29) is 18.2 Å². The van der Waals surface area contributed by atoms with Crippen molar-refractivity contribution in [1.82, 2.24) is 25.3 Å². The second kappa shape index (κ2) is 22.2. The highest BCUT2D eigenvalue weighted by Crippen LogP contribution is 2.41. The molecular weight excluding hydrogens is 960 g/mol. The molecule has 2 aliphatic heterocycles. The number of piperidine rings is 2. The van der Waals surface area contributed by atoms with Crippen LogP contribution in [0, 0.1) is 10.8 Å². The Hall–Kier alpha value is -8.29. The zero-order chi connectivity index (χ0) is 52.6. The average molecular weight is 1020 g/mol. The number of halogens is 3. The highest BCUT2D eigenvalue weighted by molar-refractivity contribution is 5.93. The monoisotopic (exact) mass is 1020 g/mol. The maximum atomic E-state index is 13.8. The van der Waals surface area contributed by atoms with Gasteiger partial charge in [-0.05, 0) is 79.5 Å². The molecule has 0 saturated carbocycles. The minimum Gasteiger partial charge on any atom is -0.493 e. The second-order valence-corrected chi connectivity index (χ2v) is 18.3. The summed E-state index contributed by atoms with van der Waals surface area (Å²) < 4.78 is 63.6. The van der Waals surface area contributed by atoms with Gasteiger partial charge in [-0.25, -0.2) is 9.97 Å². The molecule has 0 bridgehead atoms. The number of hydrogen-bond donors (Lipinski definition) is 4. The molecule has 0 spiro atoms. The molecule has 2 fully saturated rings. The van der Waals surface area contributed by atoms with E-state index in [4.69, 9.17) is 35.4 Å². The van der Waals surface area contributed by atoms with Crippen LogP contribution >= 0.6 is 0 Å². The first-order valence-electron chi connectivity index (χ1n) is 23.9. The van der Waals surface area contributed by atoms with Gasteiger partial charge < -0.3 is 55.4 Å². The lowest BCUT2D eigenvalue weighted by molar-refractivity contribution is -0.274. The number of carbonyl (C=O) groups excluding carboxylic acids is 1. The van der Waals surface area contributed by atoms with E-state index < -0.39 is 23.2 Å². The number of nitrogens with one attached hydrogen (secondary N) is 1. The smallest absolute Gasteiger partial charge is 0.493 e. The number of hydrogen-bond acceptors (Lipinski definition) is 15. The Balaban J connectivity index is 0.000000208. The molecule has 5 aromatic carbocycles. The van der Waals surface area contributed by atoms with E-state index >= 15 is 0 Å². The summed E-state index contributed by atoms with van der Waals surface area (Å²) in [6, 6.07) is 32.1. The van der Waals surface area contributed by atoms with Crippen molar-refractivity contribution in [2.24, 2.45) is 10.8 Å². The number of carbonyl (C=O) groups is 2. The highest BCUT2D eigenvalue weighted by Gasteiger charge is 2.43. The first-order valence-corrected chi connectivity index (χ1v) is 23.9. The molecule has 0 atom stereocenters. The normalized spacial score (nSPS) is 15.1. The zero-order valence-corrected chi connectivity index (χ0v) is 41.4. The standard InChI is InChI=1S/C31H32F3N5O4.C23H26N4O4/c1-41-25-16-23-24(17-26(25)42-2)37-29(38-27(23)35)39-13-11-30(12-14-39,18-20-7-4-3-5-8-20)28(40)36-19-21-9-6-10-22(15-21)43-31(32,33)34;1-30-18-12-16-17(13-19(18)31-2)25-22(26-20(16)24)27-10-8-23(9-11-27,21(28)29)14-15-6-4-3-5-7-15/h3-10,15-17H,11-14,18-19H2,1-2H3,(H,36,40)(H2,35,37,38);3-7,12-13H,8-11,14H2,1-2H3,(H,28,29)(H2,24,25,26). The summed E-state index contributed by atoms with van der Waals surface area (Å²) >= 11 is 0. The third kappa shape index (κ3) is 11.8. The van der Waals surface area contributed by atoms with Crippen molar-refractivity contribution < 1.29 is 51.6 Å². The first kappa shape index (κ1) is 52.0. The van der Waals surface area contributed by atoms with E-state index in [0.29, 0.717) is 139 Å². The summed E-state index contributed by atoms with van der Waals surface area (Å²) in [6.45, 7) is 2.12. The lowest BCUT2D eigenvalue weighted by atomic mass is 9.73. The van der Waals surface area contributed by atoms with Crippen molar-refractivity contribution >= 4 is 57.2 Å². The number of methoxy groups -OCH3 is 4. The van der Waals surface area contributed by atoms with E-state index in [1.54, 1.807) is 58.8 Å². The Morgan fingerprint density at radius 3 is 1.45 bits per heavy atom. The molecule has 9 rings (SSSR count). The second-order valence-electron chi connectivity index (χ2n) is 18.3. The molecule has 1 amide bonds. The third-order valence-corrected chi connectivity index (χ3v) is 13.7. The van der Waals surface area contributed by atoms with E-state index in [2.05, 4.69) is 25.0 Å². The van der Waals surface area contributed by atoms with E-state index in [9.17, 15) is 27.9 Å². The zero-order valence-electron chi connectivity index (χ0n) is 41.4. The molecule has 2 aromatic heterocycles. The Bertz CT molecular complexity index is 3100. The fourth-order valence-electron chi connectivity index (χ4n) is 9.63. The van der Waals surface area contributed by atoms with Crippen LogP contribution in [0.3, 0.4) is 0 Å². The number of nitrogen functional groups attached to an aromatic ring is 2. The molecule has 20 heteroatoms. The lowest BCUT2D eigenvalue weighted by Crippen LogP contribution is -2.50. The van der Waals surface area contributed by atoms with Gasteiger partial charge in [0.2, 0.25) is 17.8 Å². The molecule has 4 heterocycles. The molecule has 74 heavy (non-hydrogen) atoms. The van der Waals surface area contributed by atoms with Gasteiger partial charge in [-0.2, -0.15) is 9.97 Å². The van der Waals surface area contributed by atoms with Crippen LogP contribution < -0.4 is 50.3 Å². The van der Waals surface area contributed by atoms with Gasteiger partial charge in [0.15, 0.2) is 23.0 Å². The molecule has 388 valence electrons. The molecule has 17 nitrogen and oxygen atoms in total. The first-order chi connectivity index (χ1) is 35.5. The fourth-order valence-corrected chi connectivity index (χ4v) is 9.63. The maximum Gasteiger partial charge on any atom is 0.573 e. The van der Waals surface area contributed by atoms with Gasteiger partial charge in [0.1, 0.15) is 17.4 Å². The minimum absolute atomic E-state index is 0.0593. The molecular formula is C54H58F3N9O8. The van der Waals surface area contributed by atoms with Crippen molar-refractivity contribution in [3.63, 3.8) is 0 Å². The topological polar surface area (TPSA) is 223 Å². The predicted octanol–water partition coefficient (Wildman–Crippen LogP) is 8.42. The quantitative estimate of drug-likeness (QED) is 0.0757. The van der Waals surface area contributed by atoms with Gasteiger partial charge >= 0.3 is 12.3 Å². The average Bonchev–Trinajstić information content (AvgIpc) is 3.40. The van der Waals surface area contributed by atoms with E-state index in [1.165, 1.54) is 18.2 Å². The van der Waals surface area contributed by atoms with Crippen molar-refractivity contribution in [2.75, 3.05) is 75.9 Å². The number of fused-ring (bicyclic) bond motifs is 2. The highest BCUT2D eigenvalue weighted by atomic mass is 19.4. The van der Waals surface area contributed by atoms with Crippen LogP contribution in [0.5, 0.6) is 28.7 Å². The predicted molar refractivity (Wildman–Crippen MR) is 275 cm³/mol. The van der Waals surface area contributed by atoms with Crippen LogP contribution in [0.4, 0.5) is 36.7 Å². The lowest BCUT2D eigenvalue weighted by Gasteiger charge is -2.41. The van der Waals surface area contributed by atoms with Gasteiger partial charge in [-0.1, -0.05) is 72.8 Å². The molecule has 2 aliphatic rings. The number of amides is 1. The number of ether oxygens (including phenoxy) is 5. The summed E-state index contributed by atoms with van der Waals surface area (Å²) in [6.07, 6.45) is -1.78. The van der Waals surface area contributed by atoms with Gasteiger partial charge in [-0.3, -0.25) is 9.59 Å². The molecule has 0 radical (unpaired) electrons. The molecule has 7 aromatic rings.